The Balaban J connectivity index is 0. The first-order valence-electron chi connectivity index (χ1n) is 6.82. The lowest BCUT2D eigenvalue weighted by Gasteiger charge is -2.05. The van der Waals surface area contributed by atoms with Gasteiger partial charge in [0.2, 0.25) is 0 Å². The summed E-state index contributed by atoms with van der Waals surface area (Å²) in [5.41, 5.74) is 0.544. The van der Waals surface area contributed by atoms with Crippen LogP contribution in [-0.2, 0) is 4.79 Å². The third-order valence-electron chi connectivity index (χ3n) is 2.45. The first kappa shape index (κ1) is 17.3. The van der Waals surface area contributed by atoms with Gasteiger partial charge in [0, 0.05) is 32.7 Å². The molecule has 0 aliphatic heterocycles. The molecule has 4 heteroatoms. The number of hydrogen-bond acceptors (Lipinski definition) is 3. The molecule has 0 aromatic carbocycles. The maximum absolute atomic E-state index is 11.6. The fourth-order valence-corrected chi connectivity index (χ4v) is 1.35. The Morgan fingerprint density at radius 2 is 2.05 bits per heavy atom. The van der Waals surface area contributed by atoms with Gasteiger partial charge in [-0.2, -0.15) is 0 Å². The van der Waals surface area contributed by atoms with Crippen LogP contribution in [-0.4, -0.2) is 23.2 Å². The summed E-state index contributed by atoms with van der Waals surface area (Å²) >= 11 is 0. The molecule has 1 N–H and O–H groups in total. The van der Waals surface area contributed by atoms with E-state index in [1.165, 1.54) is 6.20 Å². The van der Waals surface area contributed by atoms with Gasteiger partial charge >= 0.3 is 0 Å². The zero-order chi connectivity index (χ0) is 14.7. The second-order valence-corrected chi connectivity index (χ2v) is 4.22. The molecule has 0 atom stereocenters. The average molecular weight is 266 g/mol. The predicted molar refractivity (Wildman–Crippen MR) is 79.1 cm³/mol. The number of aromatic nitrogens is 1. The predicted octanol–water partition coefficient (Wildman–Crippen LogP) is 3.09. The topological polar surface area (TPSA) is 59.1 Å². The van der Waals surface area contributed by atoms with Crippen LogP contribution in [0.5, 0.6) is 0 Å². The highest BCUT2D eigenvalue weighted by molar-refractivity contribution is 5.93. The lowest BCUT2D eigenvalue weighted by atomic mass is 10.0. The summed E-state index contributed by atoms with van der Waals surface area (Å²) in [4.78, 5) is 26.8. The molecule has 4 nitrogen and oxygen atoms in total. The fourth-order valence-electron chi connectivity index (χ4n) is 1.35. The third-order valence-corrected chi connectivity index (χ3v) is 2.45. The van der Waals surface area contributed by atoms with Gasteiger partial charge in [0.25, 0.3) is 5.91 Å². The largest absolute Gasteiger partial charge is 0.352 e. The molecular formula is C15H26N2O2. The van der Waals surface area contributed by atoms with E-state index in [9.17, 15) is 9.59 Å². The number of nitrogens with zero attached hydrogens (tertiary/aromatic N) is 1. The van der Waals surface area contributed by atoms with Crippen LogP contribution in [0.1, 0.15) is 52.3 Å². The summed E-state index contributed by atoms with van der Waals surface area (Å²) in [7, 11) is 0. The maximum Gasteiger partial charge on any atom is 0.252 e. The molecule has 108 valence electrons. The van der Waals surface area contributed by atoms with Gasteiger partial charge in [0.15, 0.2) is 0 Å². The van der Waals surface area contributed by atoms with E-state index in [0.717, 1.165) is 0 Å². The van der Waals surface area contributed by atoms with Gasteiger partial charge < -0.3 is 5.32 Å². The molecule has 0 bridgehead atoms. The summed E-state index contributed by atoms with van der Waals surface area (Å²) < 4.78 is 0. The Morgan fingerprint density at radius 1 is 1.37 bits per heavy atom. The molecule has 0 saturated carbocycles. The Morgan fingerprint density at radius 3 is 2.58 bits per heavy atom. The number of amides is 1. The van der Waals surface area contributed by atoms with Gasteiger partial charge in [-0.1, -0.05) is 27.7 Å². The van der Waals surface area contributed by atoms with Crippen molar-refractivity contribution in [2.75, 3.05) is 6.54 Å². The van der Waals surface area contributed by atoms with E-state index in [4.69, 9.17) is 0 Å². The van der Waals surface area contributed by atoms with Gasteiger partial charge in [-0.15, -0.1) is 0 Å². The fraction of sp³-hybridized carbons (Fsp3) is 0.533. The highest BCUT2D eigenvalue weighted by Crippen LogP contribution is 2.01. The molecule has 0 aliphatic rings. The molecule has 0 radical (unpaired) electrons. The molecule has 0 fully saturated rings. The van der Waals surface area contributed by atoms with E-state index in [1.54, 1.807) is 18.3 Å². The minimum Gasteiger partial charge on any atom is -0.352 e. The normalized spacial score (nSPS) is 9.53. The van der Waals surface area contributed by atoms with Crippen LogP contribution < -0.4 is 5.32 Å². The molecule has 1 amide bonds. The van der Waals surface area contributed by atoms with E-state index in [-0.39, 0.29) is 19.0 Å². The first-order chi connectivity index (χ1) is 9.11. The van der Waals surface area contributed by atoms with Gasteiger partial charge in [-0.05, 0) is 18.6 Å². The minimum atomic E-state index is -0.143. The summed E-state index contributed by atoms with van der Waals surface area (Å²) in [6, 6.07) is 3.43. The van der Waals surface area contributed by atoms with Crippen molar-refractivity contribution in [3.8, 4) is 0 Å². The van der Waals surface area contributed by atoms with Gasteiger partial charge in [0.1, 0.15) is 5.78 Å². The number of rotatable bonds is 6. The molecule has 0 saturated heterocycles. The van der Waals surface area contributed by atoms with Crippen LogP contribution in [0.25, 0.3) is 0 Å². The van der Waals surface area contributed by atoms with Crippen LogP contribution in [0, 0.1) is 5.92 Å². The Bertz CT molecular complexity index is 381. The van der Waals surface area contributed by atoms with E-state index in [0.29, 0.717) is 24.9 Å². The van der Waals surface area contributed by atoms with Crippen LogP contribution in [0.3, 0.4) is 0 Å². The van der Waals surface area contributed by atoms with E-state index in [1.807, 2.05) is 27.7 Å². The van der Waals surface area contributed by atoms with E-state index >= 15 is 0 Å². The van der Waals surface area contributed by atoms with Crippen molar-refractivity contribution >= 4 is 11.7 Å². The van der Waals surface area contributed by atoms with Crippen molar-refractivity contribution in [1.29, 1.82) is 0 Å². The molecular weight excluding hydrogens is 240 g/mol. The molecule has 0 spiro atoms. The van der Waals surface area contributed by atoms with Crippen LogP contribution in [0.15, 0.2) is 24.5 Å². The third kappa shape index (κ3) is 7.34. The SMILES string of the molecule is CC.CC(C)C(=O)CCCNC(=O)c1cccnc1.[HH]. The average Bonchev–Trinajstić information content (AvgIpc) is 2.46. The van der Waals surface area contributed by atoms with Crippen molar-refractivity contribution in [2.24, 2.45) is 5.92 Å². The van der Waals surface area contributed by atoms with Crippen molar-refractivity contribution in [1.82, 2.24) is 10.3 Å². The number of carbonyl (C=O) groups excluding carboxylic acids is 2. The molecule has 19 heavy (non-hydrogen) atoms. The second kappa shape index (κ2) is 10.2. The molecule has 0 unspecified atom stereocenters. The monoisotopic (exact) mass is 266 g/mol. The number of ketones is 1. The quantitative estimate of drug-likeness (QED) is 0.805. The standard InChI is InChI=1S/C13H18N2O2.C2H6.H2/c1-10(2)12(16)6-4-8-15-13(17)11-5-3-7-14-9-11;1-2;/h3,5,7,9-10H,4,6,8H2,1-2H3,(H,15,17);1-2H3;1H. The first-order valence-corrected chi connectivity index (χ1v) is 6.82. The molecule has 1 heterocycles. The lowest BCUT2D eigenvalue weighted by molar-refractivity contribution is -0.121. The van der Waals surface area contributed by atoms with Crippen LogP contribution in [0.2, 0.25) is 0 Å². The highest BCUT2D eigenvalue weighted by atomic mass is 16.1. The Hall–Kier alpha value is -1.71. The van der Waals surface area contributed by atoms with Gasteiger partial charge in [-0.3, -0.25) is 14.6 Å². The van der Waals surface area contributed by atoms with E-state index in [2.05, 4.69) is 10.3 Å². The second-order valence-electron chi connectivity index (χ2n) is 4.22. The van der Waals surface area contributed by atoms with Crippen molar-refractivity contribution in [3.63, 3.8) is 0 Å². The van der Waals surface area contributed by atoms with E-state index < -0.39 is 0 Å². The lowest BCUT2D eigenvalue weighted by Crippen LogP contribution is -2.25. The molecule has 0 aliphatic carbocycles. The van der Waals surface area contributed by atoms with Crippen molar-refractivity contribution in [3.05, 3.63) is 30.1 Å². The summed E-state index contributed by atoms with van der Waals surface area (Å²) in [6.07, 6.45) is 4.35. The Kier molecular flexibility index (Phi) is 9.31. The number of Topliss-reactive ketones (excluding diaryl/α,β-unsaturated/α-hetero) is 1. The van der Waals surface area contributed by atoms with Gasteiger partial charge in [0.05, 0.1) is 5.56 Å². The van der Waals surface area contributed by atoms with Crippen LogP contribution >= 0.6 is 0 Å². The number of pyridine rings is 1. The highest BCUT2D eigenvalue weighted by Gasteiger charge is 2.07. The van der Waals surface area contributed by atoms with Crippen molar-refractivity contribution < 1.29 is 11.0 Å². The molecule has 1 rings (SSSR count). The smallest absolute Gasteiger partial charge is 0.252 e. The summed E-state index contributed by atoms with van der Waals surface area (Å²) in [5, 5.41) is 2.76. The summed E-state index contributed by atoms with van der Waals surface area (Å²) in [5.74, 6) is 0.166. The summed E-state index contributed by atoms with van der Waals surface area (Å²) in [6.45, 7) is 8.29. The van der Waals surface area contributed by atoms with Crippen molar-refractivity contribution in [2.45, 2.75) is 40.5 Å². The zero-order valence-corrected chi connectivity index (χ0v) is 12.3. The van der Waals surface area contributed by atoms with Crippen LogP contribution in [0.4, 0.5) is 0 Å². The van der Waals surface area contributed by atoms with Gasteiger partial charge in [-0.25, -0.2) is 0 Å². The molecule has 1 aromatic rings. The number of nitrogens with one attached hydrogen (secondary N) is 1. The number of carbonyl (C=O) groups is 2. The Labute approximate surface area is 117 Å². The maximum atomic E-state index is 11.6. The number of hydrogen-bond donors (Lipinski definition) is 1. The minimum absolute atomic E-state index is 0. The molecule has 1 aromatic heterocycles. The zero-order valence-electron chi connectivity index (χ0n) is 12.3.